The summed E-state index contributed by atoms with van der Waals surface area (Å²) in [6.45, 7) is 0. The lowest BCUT2D eigenvalue weighted by Crippen LogP contribution is -2.24. The van der Waals surface area contributed by atoms with Crippen LogP contribution in [0.25, 0.3) is 117 Å². The van der Waals surface area contributed by atoms with Crippen molar-refractivity contribution in [2.75, 3.05) is 0 Å². The fourth-order valence-electron chi connectivity index (χ4n) is 11.8. The van der Waals surface area contributed by atoms with Crippen LogP contribution in [0, 0.1) is 0 Å². The van der Waals surface area contributed by atoms with E-state index < -0.39 is 0 Å². The molecule has 0 bridgehead atoms. The molecule has 2 aliphatic rings. The Bertz CT molecular complexity index is 4360. The van der Waals surface area contributed by atoms with Gasteiger partial charge in [-0.3, -0.25) is 9.13 Å². The lowest BCUT2D eigenvalue weighted by atomic mass is 10.0. The molecule has 8 aromatic carbocycles. The summed E-state index contributed by atoms with van der Waals surface area (Å²) in [6, 6.07) is 72.8. The van der Waals surface area contributed by atoms with Crippen LogP contribution in [0.2, 0.25) is 0 Å². The molecular weight excluding hydrogens is 853 g/mol. The van der Waals surface area contributed by atoms with Crippen molar-refractivity contribution in [1.82, 2.24) is 28.6 Å². The number of dihydropyridines is 1. The van der Waals surface area contributed by atoms with E-state index in [2.05, 4.69) is 254 Å². The maximum atomic E-state index is 5.47. The lowest BCUT2D eigenvalue weighted by Gasteiger charge is -2.25. The zero-order valence-corrected chi connectivity index (χ0v) is 38.2. The second-order valence-electron chi connectivity index (χ2n) is 18.7. The maximum Gasteiger partial charge on any atom is 0.138 e. The number of fused-ring (bicyclic) bond motifs is 12. The van der Waals surface area contributed by atoms with Crippen molar-refractivity contribution in [1.29, 1.82) is 0 Å². The minimum Gasteiger partial charge on any atom is -0.361 e. The summed E-state index contributed by atoms with van der Waals surface area (Å²) in [5.74, 6) is 1.92. The van der Waals surface area contributed by atoms with Crippen molar-refractivity contribution in [2.24, 2.45) is 0 Å². The van der Waals surface area contributed by atoms with E-state index >= 15 is 0 Å². The van der Waals surface area contributed by atoms with Gasteiger partial charge in [0, 0.05) is 65.9 Å². The lowest BCUT2D eigenvalue weighted by molar-refractivity contribution is 0.735. The van der Waals surface area contributed by atoms with Crippen LogP contribution < -0.4 is 5.32 Å². The topological polar surface area (TPSA) is 44.6 Å². The third kappa shape index (κ3) is 5.77. The molecule has 330 valence electrons. The van der Waals surface area contributed by atoms with Gasteiger partial charge in [0.05, 0.1) is 50.4 Å². The molecule has 0 saturated carbocycles. The Morgan fingerprint density at radius 2 is 1.00 bits per heavy atom. The predicted molar refractivity (Wildman–Crippen MR) is 291 cm³/mol. The molecular formula is C64H44N6. The van der Waals surface area contributed by atoms with Crippen LogP contribution in [-0.2, 0) is 6.42 Å². The quantitative estimate of drug-likeness (QED) is 0.181. The van der Waals surface area contributed by atoms with E-state index in [1.54, 1.807) is 0 Å². The average molecular weight is 897 g/mol. The second-order valence-corrected chi connectivity index (χ2v) is 18.7. The van der Waals surface area contributed by atoms with Gasteiger partial charge in [0.15, 0.2) is 0 Å². The number of allylic oxidation sites excluding steroid dienone is 3. The van der Waals surface area contributed by atoms with Crippen molar-refractivity contribution < 1.29 is 0 Å². The second kappa shape index (κ2) is 15.2. The van der Waals surface area contributed by atoms with Gasteiger partial charge in [0.25, 0.3) is 0 Å². The molecule has 1 N–H and O–H groups in total. The van der Waals surface area contributed by atoms with E-state index in [1.807, 2.05) is 0 Å². The normalized spacial score (nSPS) is 14.7. The fourth-order valence-corrected chi connectivity index (χ4v) is 11.8. The molecule has 13 aromatic rings. The van der Waals surface area contributed by atoms with Gasteiger partial charge in [-0.05, 0) is 103 Å². The van der Waals surface area contributed by atoms with Crippen LogP contribution in [0.4, 0.5) is 0 Å². The summed E-state index contributed by atoms with van der Waals surface area (Å²) in [6.07, 6.45) is 13.4. The van der Waals surface area contributed by atoms with E-state index in [9.17, 15) is 0 Å². The average Bonchev–Trinajstić information content (AvgIpc) is 4.15. The number of pyridine rings is 1. The highest BCUT2D eigenvalue weighted by atomic mass is 15.2. The summed E-state index contributed by atoms with van der Waals surface area (Å²) in [5.41, 5.74) is 16.4. The Labute approximate surface area is 403 Å². The van der Waals surface area contributed by atoms with Crippen LogP contribution in [0.3, 0.4) is 0 Å². The zero-order valence-electron chi connectivity index (χ0n) is 38.2. The summed E-state index contributed by atoms with van der Waals surface area (Å²) in [4.78, 5) is 5.47. The molecule has 1 atom stereocenters. The molecule has 70 heavy (non-hydrogen) atoms. The Hall–Kier alpha value is -9.13. The maximum absolute atomic E-state index is 5.47. The molecule has 1 aliphatic carbocycles. The predicted octanol–water partition coefficient (Wildman–Crippen LogP) is 15.7. The van der Waals surface area contributed by atoms with Crippen molar-refractivity contribution in [3.05, 3.63) is 241 Å². The fraction of sp³-hybridized carbons (Fsp3) is 0.0469. The number of nitrogens with one attached hydrogen (secondary N) is 1. The highest BCUT2D eigenvalue weighted by Crippen LogP contribution is 2.41. The molecule has 6 heteroatoms. The highest BCUT2D eigenvalue weighted by molar-refractivity contribution is 6.19. The van der Waals surface area contributed by atoms with E-state index in [-0.39, 0.29) is 6.04 Å². The molecule has 1 unspecified atom stereocenters. The van der Waals surface area contributed by atoms with Crippen LogP contribution in [0.1, 0.15) is 29.3 Å². The molecule has 5 aromatic heterocycles. The number of benzene rings is 8. The van der Waals surface area contributed by atoms with Crippen LogP contribution in [0.5, 0.6) is 0 Å². The minimum absolute atomic E-state index is 0.0274. The smallest absolute Gasteiger partial charge is 0.138 e. The molecule has 0 radical (unpaired) electrons. The van der Waals surface area contributed by atoms with Gasteiger partial charge >= 0.3 is 0 Å². The first-order valence-electron chi connectivity index (χ1n) is 24.3. The van der Waals surface area contributed by atoms with Gasteiger partial charge < -0.3 is 14.5 Å². The Balaban J connectivity index is 0.837. The van der Waals surface area contributed by atoms with Crippen molar-refractivity contribution >= 4 is 88.2 Å². The number of nitrogens with zero attached hydrogens (tertiary/aromatic N) is 5. The molecule has 15 rings (SSSR count). The zero-order chi connectivity index (χ0) is 45.9. The third-order valence-corrected chi connectivity index (χ3v) is 14.8. The van der Waals surface area contributed by atoms with E-state index in [1.165, 1.54) is 76.8 Å². The number of hydrogen-bond donors (Lipinski definition) is 1. The van der Waals surface area contributed by atoms with Crippen molar-refractivity contribution in [3.8, 4) is 28.5 Å². The van der Waals surface area contributed by atoms with Gasteiger partial charge in [0.1, 0.15) is 11.6 Å². The molecule has 1 aliphatic heterocycles. The SMILES string of the molecule is C1=CC(c2cccc(-n3c4c(c5ccccc53)C=CCC4)c2)NC(n2c3ccccc3c3cc4c(cc32)c2ccccc2n4-c2cccc(-c3cccc(-n4c5ccccc5c5ccccc54)c3)n2)=C1. The Kier molecular flexibility index (Phi) is 8.45. The van der Waals surface area contributed by atoms with Gasteiger partial charge in [-0.25, -0.2) is 4.98 Å². The number of hydrogen-bond acceptors (Lipinski definition) is 2. The largest absolute Gasteiger partial charge is 0.361 e. The molecule has 0 fully saturated rings. The van der Waals surface area contributed by atoms with E-state index in [0.29, 0.717) is 0 Å². The number of aromatic nitrogens is 5. The molecule has 0 amide bonds. The Morgan fingerprint density at radius 3 is 1.70 bits per heavy atom. The summed E-state index contributed by atoms with van der Waals surface area (Å²) >= 11 is 0. The summed E-state index contributed by atoms with van der Waals surface area (Å²) in [5, 5.41) is 12.6. The monoisotopic (exact) mass is 896 g/mol. The van der Waals surface area contributed by atoms with E-state index in [0.717, 1.165) is 63.5 Å². The van der Waals surface area contributed by atoms with Gasteiger partial charge in [-0.15, -0.1) is 0 Å². The Morgan fingerprint density at radius 1 is 0.443 bits per heavy atom. The standard InChI is InChI=1S/C64H44N6/c1-7-29-55-45(21-1)46-22-2-8-30-56(46)67(55)43-19-13-17-41(37-43)53-27-15-35-63(65-53)69-59-33-11-5-25-49(59)51-40-62-52(39-61(51)69)50-26-6-12-34-60(50)70(62)64-36-16-28-54(66-64)42-18-14-20-44(38-42)68-57-31-9-3-23-47(57)48-24-4-10-32-58(48)68/h1-9,11-31,33-40,54,66H,10,32H2. The highest BCUT2D eigenvalue weighted by Gasteiger charge is 2.24. The summed E-state index contributed by atoms with van der Waals surface area (Å²) < 4.78 is 9.62. The first-order valence-corrected chi connectivity index (χ1v) is 24.3. The van der Waals surface area contributed by atoms with Crippen LogP contribution in [-0.4, -0.2) is 23.3 Å². The molecule has 0 spiro atoms. The molecule has 0 saturated heterocycles. The van der Waals surface area contributed by atoms with E-state index in [4.69, 9.17) is 4.98 Å². The van der Waals surface area contributed by atoms with Crippen molar-refractivity contribution in [3.63, 3.8) is 0 Å². The van der Waals surface area contributed by atoms with Gasteiger partial charge in [-0.2, -0.15) is 0 Å². The molecule has 6 heterocycles. The first-order chi connectivity index (χ1) is 34.7. The number of para-hydroxylation sites is 5. The minimum atomic E-state index is -0.0274. The molecule has 6 nitrogen and oxygen atoms in total. The van der Waals surface area contributed by atoms with Crippen LogP contribution >= 0.6 is 0 Å². The van der Waals surface area contributed by atoms with Crippen LogP contribution in [0.15, 0.2) is 224 Å². The number of rotatable bonds is 6. The third-order valence-electron chi connectivity index (χ3n) is 14.8. The van der Waals surface area contributed by atoms with Gasteiger partial charge in [0.2, 0.25) is 0 Å². The van der Waals surface area contributed by atoms with Crippen molar-refractivity contribution in [2.45, 2.75) is 18.9 Å². The van der Waals surface area contributed by atoms with Gasteiger partial charge in [-0.1, -0.05) is 146 Å². The summed E-state index contributed by atoms with van der Waals surface area (Å²) in [7, 11) is 0. The first kappa shape index (κ1) is 38.9.